The first kappa shape index (κ1) is 17.3. The molecule has 2 aromatic rings. The van der Waals surface area contributed by atoms with E-state index in [9.17, 15) is 4.79 Å². The Labute approximate surface area is 158 Å². The van der Waals surface area contributed by atoms with E-state index in [1.54, 1.807) is 12.1 Å². The van der Waals surface area contributed by atoms with E-state index >= 15 is 0 Å². The number of hydrogen-bond donors (Lipinski definition) is 1. The van der Waals surface area contributed by atoms with E-state index in [4.69, 9.17) is 9.47 Å². The van der Waals surface area contributed by atoms with Gasteiger partial charge in [-0.1, -0.05) is 42.5 Å². The fourth-order valence-electron chi connectivity index (χ4n) is 3.45. The van der Waals surface area contributed by atoms with Crippen LogP contribution >= 0.6 is 0 Å². The first-order chi connectivity index (χ1) is 13.3. The summed E-state index contributed by atoms with van der Waals surface area (Å²) in [6.45, 7) is 0.751. The lowest BCUT2D eigenvalue weighted by Crippen LogP contribution is -2.35. The molecule has 0 radical (unpaired) electrons. The van der Waals surface area contributed by atoms with Crippen molar-refractivity contribution in [3.8, 4) is 11.5 Å². The standard InChI is InChI=1S/C22H22N2O3/c25-22(24-23-20-15-16-7-6-11-18(16)20)19-10-4-5-12-21(19)27-14-13-26-17-8-2-1-3-9-17/h1-10,12,16,18H,11,13-15H2,(H,24,25)/b23-20-/t16-,18-/m1/s1. The van der Waals surface area contributed by atoms with Gasteiger partial charge in [0.15, 0.2) is 0 Å². The summed E-state index contributed by atoms with van der Waals surface area (Å²) in [5.74, 6) is 2.16. The van der Waals surface area contributed by atoms with Gasteiger partial charge in [0.05, 0.1) is 5.56 Å². The Kier molecular flexibility index (Phi) is 5.19. The summed E-state index contributed by atoms with van der Waals surface area (Å²) in [6.07, 6.45) is 6.41. The molecule has 0 bridgehead atoms. The summed E-state index contributed by atoms with van der Waals surface area (Å²) in [5, 5.41) is 4.32. The van der Waals surface area contributed by atoms with E-state index in [1.807, 2.05) is 42.5 Å². The van der Waals surface area contributed by atoms with E-state index in [0.717, 1.165) is 24.3 Å². The predicted molar refractivity (Wildman–Crippen MR) is 104 cm³/mol. The molecule has 0 heterocycles. The minimum Gasteiger partial charge on any atom is -0.490 e. The van der Waals surface area contributed by atoms with Gasteiger partial charge in [-0.3, -0.25) is 4.79 Å². The summed E-state index contributed by atoms with van der Waals surface area (Å²) in [5.41, 5.74) is 4.23. The second-order valence-electron chi connectivity index (χ2n) is 6.69. The molecule has 0 unspecified atom stereocenters. The van der Waals surface area contributed by atoms with Crippen molar-refractivity contribution in [2.24, 2.45) is 16.9 Å². The SMILES string of the molecule is O=C(N/N=C1/C[C@H]2C=CC[C@@H]12)c1ccccc1OCCOc1ccccc1. The molecule has 5 heteroatoms. The number of hydrogen-bond acceptors (Lipinski definition) is 4. The molecule has 2 aromatic carbocycles. The lowest BCUT2D eigenvalue weighted by atomic mass is 9.74. The zero-order valence-corrected chi connectivity index (χ0v) is 15.0. The molecule has 4 rings (SSSR count). The Morgan fingerprint density at radius 1 is 1.04 bits per heavy atom. The minimum absolute atomic E-state index is 0.253. The first-order valence-corrected chi connectivity index (χ1v) is 9.24. The van der Waals surface area contributed by atoms with Crippen LogP contribution in [0.1, 0.15) is 23.2 Å². The molecular formula is C22H22N2O3. The highest BCUT2D eigenvalue weighted by atomic mass is 16.5. The van der Waals surface area contributed by atoms with Crippen molar-refractivity contribution in [3.05, 3.63) is 72.3 Å². The Morgan fingerprint density at radius 3 is 2.67 bits per heavy atom. The number of benzene rings is 2. The average Bonchev–Trinajstić information content (AvgIpc) is 3.07. The summed E-state index contributed by atoms with van der Waals surface area (Å²) in [6, 6.07) is 16.7. The zero-order chi connectivity index (χ0) is 18.5. The molecule has 1 amide bonds. The summed E-state index contributed by atoms with van der Waals surface area (Å²) in [4.78, 5) is 12.5. The summed E-state index contributed by atoms with van der Waals surface area (Å²) >= 11 is 0. The highest BCUT2D eigenvalue weighted by Gasteiger charge is 2.38. The van der Waals surface area contributed by atoms with E-state index in [2.05, 4.69) is 22.7 Å². The minimum atomic E-state index is -0.253. The number of nitrogens with one attached hydrogen (secondary N) is 1. The van der Waals surface area contributed by atoms with Crippen molar-refractivity contribution < 1.29 is 14.3 Å². The third kappa shape index (κ3) is 4.03. The molecule has 2 aliphatic rings. The highest BCUT2D eigenvalue weighted by Crippen LogP contribution is 2.40. The second-order valence-corrected chi connectivity index (χ2v) is 6.69. The van der Waals surface area contributed by atoms with Gasteiger partial charge in [-0.05, 0) is 43.0 Å². The normalized spacial score (nSPS) is 21.4. The topological polar surface area (TPSA) is 59.9 Å². The van der Waals surface area contributed by atoms with Crippen LogP contribution in [0.25, 0.3) is 0 Å². The Hall–Kier alpha value is -3.08. The molecule has 0 saturated heterocycles. The smallest absolute Gasteiger partial charge is 0.275 e. The fraction of sp³-hybridized carbons (Fsp3) is 0.273. The van der Waals surface area contributed by atoms with Gasteiger partial charge in [-0.2, -0.15) is 5.10 Å². The number of hydrazone groups is 1. The van der Waals surface area contributed by atoms with Crippen molar-refractivity contribution in [2.45, 2.75) is 12.8 Å². The maximum absolute atomic E-state index is 12.5. The van der Waals surface area contributed by atoms with Crippen molar-refractivity contribution in [1.29, 1.82) is 0 Å². The van der Waals surface area contributed by atoms with Crippen LogP contribution in [0, 0.1) is 11.8 Å². The van der Waals surface area contributed by atoms with E-state index in [1.165, 1.54) is 0 Å². The quantitative estimate of drug-likeness (QED) is 0.463. The van der Waals surface area contributed by atoms with Crippen LogP contribution in [0.15, 0.2) is 71.9 Å². The van der Waals surface area contributed by atoms with E-state index in [-0.39, 0.29) is 5.91 Å². The van der Waals surface area contributed by atoms with E-state index < -0.39 is 0 Å². The molecule has 138 valence electrons. The molecule has 1 saturated carbocycles. The van der Waals surface area contributed by atoms with Crippen LogP contribution in [0.5, 0.6) is 11.5 Å². The van der Waals surface area contributed by atoms with Crippen molar-refractivity contribution >= 4 is 11.6 Å². The zero-order valence-electron chi connectivity index (χ0n) is 15.0. The fourth-order valence-corrected chi connectivity index (χ4v) is 3.45. The third-order valence-corrected chi connectivity index (χ3v) is 4.95. The number of fused-ring (bicyclic) bond motifs is 1. The monoisotopic (exact) mass is 362 g/mol. The van der Waals surface area contributed by atoms with Gasteiger partial charge in [-0.25, -0.2) is 5.43 Å². The number of rotatable bonds is 7. The highest BCUT2D eigenvalue weighted by molar-refractivity contribution is 5.99. The Balaban J connectivity index is 1.30. The number of nitrogens with zero attached hydrogens (tertiary/aromatic N) is 1. The van der Waals surface area contributed by atoms with Crippen LogP contribution in [-0.4, -0.2) is 24.8 Å². The van der Waals surface area contributed by atoms with Gasteiger partial charge in [0.25, 0.3) is 5.91 Å². The maximum atomic E-state index is 12.5. The van der Waals surface area contributed by atoms with Gasteiger partial charge >= 0.3 is 0 Å². The van der Waals surface area contributed by atoms with Crippen LogP contribution in [0.2, 0.25) is 0 Å². The molecule has 0 aliphatic heterocycles. The molecule has 27 heavy (non-hydrogen) atoms. The lowest BCUT2D eigenvalue weighted by molar-refractivity contribution is 0.0948. The molecule has 0 aromatic heterocycles. The van der Waals surface area contributed by atoms with Gasteiger partial charge in [-0.15, -0.1) is 0 Å². The Bertz CT molecular complexity index is 861. The molecule has 1 N–H and O–H groups in total. The Morgan fingerprint density at radius 2 is 1.81 bits per heavy atom. The largest absolute Gasteiger partial charge is 0.490 e. The number of ether oxygens (including phenoxy) is 2. The number of para-hydroxylation sites is 2. The number of amides is 1. The van der Waals surface area contributed by atoms with Crippen LogP contribution in [0.3, 0.4) is 0 Å². The summed E-state index contributed by atoms with van der Waals surface area (Å²) < 4.78 is 11.4. The van der Waals surface area contributed by atoms with E-state index in [0.29, 0.717) is 36.4 Å². The number of carbonyl (C=O) groups is 1. The number of allylic oxidation sites excluding steroid dienone is 2. The average molecular weight is 362 g/mol. The van der Waals surface area contributed by atoms with Gasteiger partial charge in [0, 0.05) is 11.6 Å². The molecule has 2 aliphatic carbocycles. The molecule has 0 spiro atoms. The lowest BCUT2D eigenvalue weighted by Gasteiger charge is -2.31. The van der Waals surface area contributed by atoms with Crippen LogP contribution < -0.4 is 14.9 Å². The van der Waals surface area contributed by atoms with Gasteiger partial charge in [0.1, 0.15) is 24.7 Å². The van der Waals surface area contributed by atoms with Crippen molar-refractivity contribution in [2.75, 3.05) is 13.2 Å². The van der Waals surface area contributed by atoms with Crippen LogP contribution in [0.4, 0.5) is 0 Å². The van der Waals surface area contributed by atoms with Crippen molar-refractivity contribution in [3.63, 3.8) is 0 Å². The molecular weight excluding hydrogens is 340 g/mol. The first-order valence-electron chi connectivity index (χ1n) is 9.24. The predicted octanol–water partition coefficient (Wildman–Crippen LogP) is 3.83. The third-order valence-electron chi connectivity index (χ3n) is 4.95. The molecule has 1 fully saturated rings. The van der Waals surface area contributed by atoms with Gasteiger partial charge in [0.2, 0.25) is 0 Å². The van der Waals surface area contributed by atoms with Gasteiger partial charge < -0.3 is 9.47 Å². The maximum Gasteiger partial charge on any atom is 0.275 e. The summed E-state index contributed by atoms with van der Waals surface area (Å²) in [7, 11) is 0. The van der Waals surface area contributed by atoms with Crippen molar-refractivity contribution in [1.82, 2.24) is 5.43 Å². The number of carbonyl (C=O) groups excluding carboxylic acids is 1. The van der Waals surface area contributed by atoms with Crippen LogP contribution in [-0.2, 0) is 0 Å². The molecule has 5 nitrogen and oxygen atoms in total. The molecule has 2 atom stereocenters. The second kappa shape index (κ2) is 8.08.